The van der Waals surface area contributed by atoms with E-state index in [2.05, 4.69) is 11.4 Å². The Morgan fingerprint density at radius 2 is 2.29 bits per heavy atom. The Balaban J connectivity index is 1.58. The third kappa shape index (κ3) is 3.13. The lowest BCUT2D eigenvalue weighted by molar-refractivity contribution is -0.134. The lowest BCUT2D eigenvalue weighted by Crippen LogP contribution is -2.38. The average Bonchev–Trinajstić information content (AvgIpc) is 3.00. The van der Waals surface area contributed by atoms with Crippen molar-refractivity contribution in [3.05, 3.63) is 51.7 Å². The molecular formula is C16H15NO3S. The van der Waals surface area contributed by atoms with Crippen LogP contribution in [0.25, 0.3) is 0 Å². The van der Waals surface area contributed by atoms with Crippen molar-refractivity contribution in [2.45, 2.75) is 13.0 Å². The summed E-state index contributed by atoms with van der Waals surface area (Å²) in [6, 6.07) is 8.89. The normalized spacial score (nSPS) is 13.6. The first-order valence-corrected chi connectivity index (χ1v) is 7.65. The Kier molecular flexibility index (Phi) is 4.01. The predicted molar refractivity (Wildman–Crippen MR) is 80.8 cm³/mol. The fourth-order valence-corrected chi connectivity index (χ4v) is 3.27. The van der Waals surface area contributed by atoms with Gasteiger partial charge in [0.2, 0.25) is 0 Å². The SMILES string of the molecule is O=Cc1cccc(OCC(=O)N2CCc3sccc3C2)c1. The van der Waals surface area contributed by atoms with Gasteiger partial charge in [-0.3, -0.25) is 9.59 Å². The predicted octanol–water partition coefficient (Wildman–Crippen LogP) is 2.52. The summed E-state index contributed by atoms with van der Waals surface area (Å²) in [5.41, 5.74) is 1.78. The lowest BCUT2D eigenvalue weighted by atomic mass is 10.1. The van der Waals surface area contributed by atoms with Crippen LogP contribution in [0, 0.1) is 0 Å². The van der Waals surface area contributed by atoms with Crippen molar-refractivity contribution >= 4 is 23.5 Å². The van der Waals surface area contributed by atoms with Crippen LogP contribution in [0.2, 0.25) is 0 Å². The molecule has 0 fully saturated rings. The van der Waals surface area contributed by atoms with Crippen LogP contribution in [0.4, 0.5) is 0 Å². The molecule has 0 saturated carbocycles. The van der Waals surface area contributed by atoms with E-state index in [1.807, 2.05) is 4.90 Å². The Morgan fingerprint density at radius 3 is 3.14 bits per heavy atom. The Morgan fingerprint density at radius 1 is 1.38 bits per heavy atom. The second kappa shape index (κ2) is 6.10. The number of amides is 1. The fraction of sp³-hybridized carbons (Fsp3) is 0.250. The van der Waals surface area contributed by atoms with E-state index in [1.54, 1.807) is 35.6 Å². The number of carbonyl (C=O) groups is 2. The van der Waals surface area contributed by atoms with Gasteiger partial charge >= 0.3 is 0 Å². The van der Waals surface area contributed by atoms with Gasteiger partial charge in [-0.1, -0.05) is 12.1 Å². The standard InChI is InChI=1S/C16H15NO3S/c18-10-12-2-1-3-14(8-12)20-11-16(19)17-6-4-15-13(9-17)5-7-21-15/h1-3,5,7-8,10H,4,6,9,11H2. The molecule has 0 spiro atoms. The van der Waals surface area contributed by atoms with E-state index < -0.39 is 0 Å². The van der Waals surface area contributed by atoms with E-state index in [4.69, 9.17) is 4.74 Å². The van der Waals surface area contributed by atoms with E-state index in [9.17, 15) is 9.59 Å². The summed E-state index contributed by atoms with van der Waals surface area (Å²) in [7, 11) is 0. The summed E-state index contributed by atoms with van der Waals surface area (Å²) in [5, 5.41) is 2.07. The molecule has 108 valence electrons. The number of aldehydes is 1. The molecule has 2 heterocycles. The molecule has 1 aliphatic rings. The Bertz CT molecular complexity index is 665. The number of ether oxygens (including phenoxy) is 1. The van der Waals surface area contributed by atoms with Crippen LogP contribution in [0.1, 0.15) is 20.8 Å². The van der Waals surface area contributed by atoms with E-state index >= 15 is 0 Å². The number of hydrogen-bond donors (Lipinski definition) is 0. The monoisotopic (exact) mass is 301 g/mol. The minimum Gasteiger partial charge on any atom is -0.484 e. The van der Waals surface area contributed by atoms with Gasteiger partial charge in [0, 0.05) is 23.5 Å². The smallest absolute Gasteiger partial charge is 0.260 e. The molecule has 0 N–H and O–H groups in total. The number of fused-ring (bicyclic) bond motifs is 1. The topological polar surface area (TPSA) is 46.6 Å². The number of hydrogen-bond acceptors (Lipinski definition) is 4. The number of carbonyl (C=O) groups excluding carboxylic acids is 2. The largest absolute Gasteiger partial charge is 0.484 e. The van der Waals surface area contributed by atoms with E-state index in [0.717, 1.165) is 19.3 Å². The lowest BCUT2D eigenvalue weighted by Gasteiger charge is -2.27. The van der Waals surface area contributed by atoms with Crippen molar-refractivity contribution in [1.82, 2.24) is 4.90 Å². The second-order valence-electron chi connectivity index (χ2n) is 4.91. The molecular weight excluding hydrogens is 286 g/mol. The molecule has 21 heavy (non-hydrogen) atoms. The van der Waals surface area contributed by atoms with Crippen LogP contribution in [-0.4, -0.2) is 30.2 Å². The maximum Gasteiger partial charge on any atom is 0.260 e. The van der Waals surface area contributed by atoms with Gasteiger partial charge in [0.15, 0.2) is 6.61 Å². The highest BCUT2D eigenvalue weighted by Gasteiger charge is 2.21. The van der Waals surface area contributed by atoms with Crippen LogP contribution in [0.3, 0.4) is 0 Å². The van der Waals surface area contributed by atoms with Gasteiger partial charge in [-0.05, 0) is 35.6 Å². The number of benzene rings is 1. The molecule has 0 bridgehead atoms. The fourth-order valence-electron chi connectivity index (χ4n) is 2.38. The zero-order chi connectivity index (χ0) is 14.7. The van der Waals surface area contributed by atoms with Crippen LogP contribution < -0.4 is 4.74 Å². The first-order valence-electron chi connectivity index (χ1n) is 6.77. The van der Waals surface area contributed by atoms with Crippen LogP contribution >= 0.6 is 11.3 Å². The first-order chi connectivity index (χ1) is 10.3. The molecule has 2 aromatic rings. The van der Waals surface area contributed by atoms with Crippen molar-refractivity contribution in [1.29, 1.82) is 0 Å². The minimum absolute atomic E-state index is 0.00177. The number of thiophene rings is 1. The highest BCUT2D eigenvalue weighted by Crippen LogP contribution is 2.24. The molecule has 0 saturated heterocycles. The molecule has 0 atom stereocenters. The second-order valence-corrected chi connectivity index (χ2v) is 5.91. The molecule has 1 aromatic heterocycles. The van der Waals surface area contributed by atoms with Crippen molar-refractivity contribution in [2.75, 3.05) is 13.2 Å². The summed E-state index contributed by atoms with van der Waals surface area (Å²) >= 11 is 1.75. The summed E-state index contributed by atoms with van der Waals surface area (Å²) in [4.78, 5) is 26.1. The van der Waals surface area contributed by atoms with Crippen LogP contribution in [-0.2, 0) is 17.8 Å². The maximum atomic E-state index is 12.2. The highest BCUT2D eigenvalue weighted by molar-refractivity contribution is 7.10. The molecule has 0 radical (unpaired) electrons. The van der Waals surface area contributed by atoms with Gasteiger partial charge < -0.3 is 9.64 Å². The van der Waals surface area contributed by atoms with Crippen LogP contribution in [0.15, 0.2) is 35.7 Å². The summed E-state index contributed by atoms with van der Waals surface area (Å²) < 4.78 is 5.49. The maximum absolute atomic E-state index is 12.2. The first kappa shape index (κ1) is 13.8. The third-order valence-electron chi connectivity index (χ3n) is 3.52. The summed E-state index contributed by atoms with van der Waals surface area (Å²) in [6.07, 6.45) is 1.68. The highest BCUT2D eigenvalue weighted by atomic mass is 32.1. The Labute approximate surface area is 127 Å². The molecule has 5 heteroatoms. The van der Waals surface area contributed by atoms with Crippen molar-refractivity contribution in [2.24, 2.45) is 0 Å². The average molecular weight is 301 g/mol. The van der Waals surface area contributed by atoms with Crippen molar-refractivity contribution in [3.63, 3.8) is 0 Å². The zero-order valence-electron chi connectivity index (χ0n) is 11.5. The summed E-state index contributed by atoms with van der Waals surface area (Å²) in [6.45, 7) is 1.40. The molecule has 1 aromatic carbocycles. The third-order valence-corrected chi connectivity index (χ3v) is 4.54. The van der Waals surface area contributed by atoms with Gasteiger partial charge in [-0.15, -0.1) is 11.3 Å². The molecule has 3 rings (SSSR count). The molecule has 1 amide bonds. The van der Waals surface area contributed by atoms with Crippen molar-refractivity contribution in [3.8, 4) is 5.75 Å². The van der Waals surface area contributed by atoms with E-state index in [1.165, 1.54) is 10.4 Å². The molecule has 1 aliphatic heterocycles. The van der Waals surface area contributed by atoms with Crippen molar-refractivity contribution < 1.29 is 14.3 Å². The zero-order valence-corrected chi connectivity index (χ0v) is 12.3. The minimum atomic E-state index is -0.0247. The molecule has 0 aliphatic carbocycles. The molecule has 4 nitrogen and oxygen atoms in total. The summed E-state index contributed by atoms with van der Waals surface area (Å²) in [5.74, 6) is 0.518. The van der Waals surface area contributed by atoms with E-state index in [-0.39, 0.29) is 12.5 Å². The van der Waals surface area contributed by atoms with Gasteiger partial charge in [0.1, 0.15) is 12.0 Å². The number of nitrogens with zero attached hydrogens (tertiary/aromatic N) is 1. The van der Waals surface area contributed by atoms with Gasteiger partial charge in [-0.2, -0.15) is 0 Å². The molecule has 0 unspecified atom stereocenters. The van der Waals surface area contributed by atoms with Gasteiger partial charge in [0.25, 0.3) is 5.91 Å². The van der Waals surface area contributed by atoms with E-state index in [0.29, 0.717) is 17.9 Å². The van der Waals surface area contributed by atoms with Crippen LogP contribution in [0.5, 0.6) is 5.75 Å². The quantitative estimate of drug-likeness (QED) is 0.815. The number of rotatable bonds is 4. The van der Waals surface area contributed by atoms with Gasteiger partial charge in [-0.25, -0.2) is 0 Å². The Hall–Kier alpha value is -2.14. The van der Waals surface area contributed by atoms with Gasteiger partial charge in [0.05, 0.1) is 0 Å².